The zero-order chi connectivity index (χ0) is 18.2. The summed E-state index contributed by atoms with van der Waals surface area (Å²) in [5.41, 5.74) is 5.04. The average molecular weight is 332 g/mol. The van der Waals surface area contributed by atoms with Crippen molar-refractivity contribution >= 4 is 5.57 Å². The van der Waals surface area contributed by atoms with E-state index in [9.17, 15) is 10.2 Å². The molecular weight excluding hydrogens is 308 g/mol. The largest absolute Gasteiger partial charge is 0.508 e. The second-order valence-corrected chi connectivity index (χ2v) is 5.86. The summed E-state index contributed by atoms with van der Waals surface area (Å²) >= 11 is 0. The highest BCUT2D eigenvalue weighted by atomic mass is 16.3. The van der Waals surface area contributed by atoms with Crippen molar-refractivity contribution < 1.29 is 10.2 Å². The lowest BCUT2D eigenvalue weighted by Crippen LogP contribution is -1.84. The lowest BCUT2D eigenvalue weighted by molar-refractivity contribution is 0.469. The van der Waals surface area contributed by atoms with Crippen LogP contribution in [0.25, 0.3) is 16.7 Å². The molecule has 0 radical (unpaired) electrons. The average Bonchev–Trinajstić information content (AvgIpc) is 2.63. The van der Waals surface area contributed by atoms with Gasteiger partial charge in [-0.2, -0.15) is 0 Å². The van der Waals surface area contributed by atoms with E-state index < -0.39 is 0 Å². The van der Waals surface area contributed by atoms with Gasteiger partial charge in [-0.1, -0.05) is 73.7 Å². The first-order chi connectivity index (χ1) is 12.0. The molecule has 0 aliphatic rings. The van der Waals surface area contributed by atoms with Crippen LogP contribution in [0.4, 0.5) is 0 Å². The van der Waals surface area contributed by atoms with E-state index in [-0.39, 0.29) is 0 Å². The van der Waals surface area contributed by atoms with Gasteiger partial charge in [0.05, 0.1) is 0 Å². The maximum absolute atomic E-state index is 9.56. The van der Waals surface area contributed by atoms with Crippen LogP contribution in [0, 0.1) is 0 Å². The van der Waals surface area contributed by atoms with Crippen molar-refractivity contribution in [2.24, 2.45) is 0 Å². The molecule has 0 amide bonds. The summed E-state index contributed by atoms with van der Waals surface area (Å²) < 4.78 is 0. The van der Waals surface area contributed by atoms with E-state index in [4.69, 9.17) is 0 Å². The number of rotatable bonds is 3. The van der Waals surface area contributed by atoms with Gasteiger partial charge in [0.2, 0.25) is 0 Å². The minimum Gasteiger partial charge on any atom is -0.508 e. The fraction of sp³-hybridized carbons (Fsp3) is 0.130. The molecule has 2 N–H and O–H groups in total. The highest BCUT2D eigenvalue weighted by molar-refractivity contribution is 5.69. The number of hydrogen-bond acceptors (Lipinski definition) is 2. The van der Waals surface area contributed by atoms with Crippen LogP contribution < -0.4 is 0 Å². The molecule has 0 atom stereocenters. The first kappa shape index (κ1) is 18.3. The third kappa shape index (κ3) is 4.98. The van der Waals surface area contributed by atoms with E-state index in [2.05, 4.69) is 6.58 Å². The van der Waals surface area contributed by atoms with Crippen molar-refractivity contribution in [1.82, 2.24) is 0 Å². The minimum absolute atomic E-state index is 0.328. The monoisotopic (exact) mass is 332 g/mol. The highest BCUT2D eigenvalue weighted by Crippen LogP contribution is 2.27. The number of phenols is 2. The van der Waals surface area contributed by atoms with E-state index in [0.29, 0.717) is 11.5 Å². The summed E-state index contributed by atoms with van der Waals surface area (Å²) in [6.07, 6.45) is 0.854. The molecule has 0 bridgehead atoms. The van der Waals surface area contributed by atoms with Crippen molar-refractivity contribution in [2.45, 2.75) is 20.3 Å². The predicted octanol–water partition coefficient (Wildman–Crippen LogP) is 6.05. The number of benzene rings is 3. The normalized spacial score (nSPS) is 9.84. The fourth-order valence-corrected chi connectivity index (χ4v) is 2.47. The molecule has 2 heteroatoms. The lowest BCUT2D eigenvalue weighted by Gasteiger charge is -2.04. The van der Waals surface area contributed by atoms with Gasteiger partial charge in [0, 0.05) is 5.56 Å². The van der Waals surface area contributed by atoms with E-state index in [1.165, 1.54) is 0 Å². The van der Waals surface area contributed by atoms with Crippen LogP contribution in [0.2, 0.25) is 0 Å². The Kier molecular flexibility index (Phi) is 6.41. The molecule has 0 fully saturated rings. The van der Waals surface area contributed by atoms with Gasteiger partial charge in [0.15, 0.2) is 0 Å². The van der Waals surface area contributed by atoms with Crippen molar-refractivity contribution in [3.63, 3.8) is 0 Å². The Morgan fingerprint density at radius 2 is 1.48 bits per heavy atom. The van der Waals surface area contributed by atoms with Gasteiger partial charge in [-0.15, -0.1) is 0 Å². The highest BCUT2D eigenvalue weighted by Gasteiger charge is 2.01. The van der Waals surface area contributed by atoms with Crippen LogP contribution in [0.3, 0.4) is 0 Å². The lowest BCUT2D eigenvalue weighted by atomic mass is 10.0. The van der Waals surface area contributed by atoms with Gasteiger partial charge in [-0.25, -0.2) is 0 Å². The van der Waals surface area contributed by atoms with Gasteiger partial charge in [-0.05, 0) is 48.2 Å². The van der Waals surface area contributed by atoms with Crippen LogP contribution in [-0.4, -0.2) is 10.2 Å². The van der Waals surface area contributed by atoms with Crippen molar-refractivity contribution in [2.75, 3.05) is 0 Å². The Labute approximate surface area is 149 Å². The van der Waals surface area contributed by atoms with Gasteiger partial charge >= 0.3 is 0 Å². The molecule has 0 aliphatic carbocycles. The van der Waals surface area contributed by atoms with Gasteiger partial charge in [0.25, 0.3) is 0 Å². The standard InChI is InChI=1S/C12H10O.C11H14O/c13-12-9-5-4-8-11(12)10-6-2-1-3-7-10;1-4-9-7-10(8(2)3)5-6-11(9)12/h1-9,13H;5-7,12H,2,4H2,1,3H3. The van der Waals surface area contributed by atoms with Crippen LogP contribution in [-0.2, 0) is 6.42 Å². The number of para-hydroxylation sites is 1. The third-order valence-electron chi connectivity index (χ3n) is 3.94. The van der Waals surface area contributed by atoms with Crippen LogP contribution in [0.1, 0.15) is 25.0 Å². The Balaban J connectivity index is 0.000000181. The Morgan fingerprint density at radius 1 is 0.840 bits per heavy atom. The molecule has 3 aromatic rings. The number of aryl methyl sites for hydroxylation is 1. The summed E-state index contributed by atoms with van der Waals surface area (Å²) in [4.78, 5) is 0. The molecule has 3 rings (SSSR count). The predicted molar refractivity (Wildman–Crippen MR) is 106 cm³/mol. The van der Waals surface area contributed by atoms with Crippen molar-refractivity contribution in [1.29, 1.82) is 0 Å². The maximum Gasteiger partial charge on any atom is 0.123 e. The molecule has 0 spiro atoms. The van der Waals surface area contributed by atoms with E-state index >= 15 is 0 Å². The molecule has 0 unspecified atom stereocenters. The fourth-order valence-electron chi connectivity index (χ4n) is 2.47. The second kappa shape index (κ2) is 8.74. The van der Waals surface area contributed by atoms with E-state index in [1.807, 2.05) is 74.5 Å². The Bertz CT molecular complexity index is 836. The van der Waals surface area contributed by atoms with Crippen LogP contribution in [0.15, 0.2) is 79.4 Å². The topological polar surface area (TPSA) is 40.5 Å². The van der Waals surface area contributed by atoms with Gasteiger partial charge < -0.3 is 10.2 Å². The van der Waals surface area contributed by atoms with Gasteiger partial charge in [-0.3, -0.25) is 0 Å². The molecule has 0 saturated heterocycles. The molecule has 2 nitrogen and oxygen atoms in total. The Morgan fingerprint density at radius 3 is 2.08 bits per heavy atom. The summed E-state index contributed by atoms with van der Waals surface area (Å²) in [6.45, 7) is 7.84. The molecule has 128 valence electrons. The van der Waals surface area contributed by atoms with Crippen molar-refractivity contribution in [3.8, 4) is 22.6 Å². The van der Waals surface area contributed by atoms with E-state index in [0.717, 1.165) is 34.2 Å². The van der Waals surface area contributed by atoms with Crippen molar-refractivity contribution in [3.05, 3.63) is 90.5 Å². The molecule has 0 aliphatic heterocycles. The SMILES string of the molecule is C=C(C)c1ccc(O)c(CC)c1.Oc1ccccc1-c1ccccc1. The molecular formula is C23H24O2. The molecule has 0 heterocycles. The van der Waals surface area contributed by atoms with Crippen LogP contribution in [0.5, 0.6) is 11.5 Å². The van der Waals surface area contributed by atoms with Gasteiger partial charge in [0.1, 0.15) is 11.5 Å². The number of allylic oxidation sites excluding steroid dienone is 1. The first-order valence-electron chi connectivity index (χ1n) is 8.34. The maximum atomic E-state index is 9.56. The summed E-state index contributed by atoms with van der Waals surface area (Å²) in [6, 6.07) is 22.8. The number of hydrogen-bond donors (Lipinski definition) is 2. The zero-order valence-electron chi connectivity index (χ0n) is 14.7. The zero-order valence-corrected chi connectivity index (χ0v) is 14.7. The summed E-state index contributed by atoms with van der Waals surface area (Å²) in [5.74, 6) is 0.705. The number of aromatic hydroxyl groups is 2. The Hall–Kier alpha value is -3.00. The molecule has 0 aromatic heterocycles. The summed E-state index contributed by atoms with van der Waals surface area (Å²) in [5, 5.41) is 19.0. The first-order valence-corrected chi connectivity index (χ1v) is 8.34. The quantitative estimate of drug-likeness (QED) is 0.613. The molecule has 3 aromatic carbocycles. The smallest absolute Gasteiger partial charge is 0.123 e. The second-order valence-electron chi connectivity index (χ2n) is 5.86. The van der Waals surface area contributed by atoms with E-state index in [1.54, 1.807) is 12.1 Å². The molecule has 0 saturated carbocycles. The summed E-state index contributed by atoms with van der Waals surface area (Å²) in [7, 11) is 0. The third-order valence-corrected chi connectivity index (χ3v) is 3.94. The minimum atomic E-state index is 0.328. The molecule has 25 heavy (non-hydrogen) atoms. The number of phenolic OH excluding ortho intramolecular Hbond substituents is 2. The van der Waals surface area contributed by atoms with Crippen LogP contribution >= 0.6 is 0 Å².